The summed E-state index contributed by atoms with van der Waals surface area (Å²) in [5, 5.41) is 18.7. The van der Waals surface area contributed by atoms with Gasteiger partial charge in [-0.2, -0.15) is 4.31 Å². The lowest BCUT2D eigenvalue weighted by molar-refractivity contribution is 0.0692. The van der Waals surface area contributed by atoms with Crippen LogP contribution in [0.15, 0.2) is 23.1 Å². The predicted octanol–water partition coefficient (Wildman–Crippen LogP) is 0.112. The van der Waals surface area contributed by atoms with Crippen LogP contribution in [0.1, 0.15) is 23.2 Å². The second kappa shape index (κ2) is 5.39. The summed E-state index contributed by atoms with van der Waals surface area (Å²) >= 11 is 0. The Balaban J connectivity index is 2.48. The van der Waals surface area contributed by atoms with Crippen molar-refractivity contribution in [2.75, 3.05) is 18.8 Å². The summed E-state index contributed by atoms with van der Waals surface area (Å²) in [4.78, 5) is 10.8. The molecule has 4 N–H and O–H groups in total. The number of carboxylic acid groups (broad SMARTS) is 1. The number of piperidine rings is 1. The van der Waals surface area contributed by atoms with Gasteiger partial charge in [0, 0.05) is 18.8 Å². The van der Waals surface area contributed by atoms with Crippen molar-refractivity contribution in [1.29, 1.82) is 0 Å². The van der Waals surface area contributed by atoms with Crippen LogP contribution in [-0.4, -0.2) is 48.1 Å². The van der Waals surface area contributed by atoms with Gasteiger partial charge in [0.2, 0.25) is 10.0 Å². The van der Waals surface area contributed by atoms with E-state index in [9.17, 15) is 18.3 Å². The normalized spacial score (nSPS) is 20.8. The minimum atomic E-state index is -3.98. The fourth-order valence-corrected chi connectivity index (χ4v) is 3.94. The van der Waals surface area contributed by atoms with Crippen LogP contribution in [0.2, 0.25) is 0 Å². The van der Waals surface area contributed by atoms with E-state index in [4.69, 9.17) is 10.8 Å². The third kappa shape index (κ3) is 2.77. The molecule has 2 rings (SSSR count). The van der Waals surface area contributed by atoms with Gasteiger partial charge in [0.05, 0.1) is 16.6 Å². The number of benzene rings is 1. The first-order valence-electron chi connectivity index (χ1n) is 6.13. The van der Waals surface area contributed by atoms with E-state index in [1.165, 1.54) is 12.1 Å². The summed E-state index contributed by atoms with van der Waals surface area (Å²) in [5.41, 5.74) is 5.41. The van der Waals surface area contributed by atoms with Crippen molar-refractivity contribution in [2.24, 2.45) is 0 Å². The number of nitrogen functional groups attached to an aromatic ring is 1. The van der Waals surface area contributed by atoms with Crippen LogP contribution in [0.3, 0.4) is 0 Å². The van der Waals surface area contributed by atoms with Crippen molar-refractivity contribution >= 4 is 21.7 Å². The monoisotopic (exact) mass is 300 g/mol. The minimum absolute atomic E-state index is 0.0316. The molecule has 1 aromatic rings. The number of rotatable bonds is 3. The Morgan fingerprint density at radius 3 is 2.70 bits per heavy atom. The molecule has 1 fully saturated rings. The maximum Gasteiger partial charge on any atom is 0.337 e. The average Bonchev–Trinajstić information content (AvgIpc) is 2.38. The van der Waals surface area contributed by atoms with Crippen molar-refractivity contribution in [2.45, 2.75) is 23.8 Å². The summed E-state index contributed by atoms with van der Waals surface area (Å²) in [6.07, 6.45) is 0.340. The highest BCUT2D eigenvalue weighted by atomic mass is 32.2. The zero-order valence-corrected chi connectivity index (χ0v) is 11.5. The predicted molar refractivity (Wildman–Crippen MR) is 71.8 cm³/mol. The lowest BCUT2D eigenvalue weighted by Crippen LogP contribution is -2.42. The van der Waals surface area contributed by atoms with Gasteiger partial charge >= 0.3 is 5.97 Å². The maximum absolute atomic E-state index is 12.5. The fraction of sp³-hybridized carbons (Fsp3) is 0.417. The molecule has 0 spiro atoms. The first kappa shape index (κ1) is 14.8. The molecule has 7 nitrogen and oxygen atoms in total. The number of nitrogens with zero attached hydrogens (tertiary/aromatic N) is 1. The van der Waals surface area contributed by atoms with Crippen molar-refractivity contribution in [3.8, 4) is 0 Å². The molecule has 0 radical (unpaired) electrons. The number of nitrogens with two attached hydrogens (primary N) is 1. The second-order valence-electron chi connectivity index (χ2n) is 4.72. The van der Waals surface area contributed by atoms with Gasteiger partial charge in [0.15, 0.2) is 0 Å². The van der Waals surface area contributed by atoms with Gasteiger partial charge < -0.3 is 15.9 Å². The van der Waals surface area contributed by atoms with Gasteiger partial charge in [-0.3, -0.25) is 0 Å². The number of aliphatic hydroxyl groups is 1. The standard InChI is InChI=1S/C12H16N2O5S/c13-8-3-4-10(12(16)17)11(6-8)20(18,19)14-5-1-2-9(15)7-14/h3-4,6,9,15H,1-2,5,7,13H2,(H,16,17)/t9-/m0/s1. The van der Waals surface area contributed by atoms with Crippen molar-refractivity contribution in [3.63, 3.8) is 0 Å². The Hall–Kier alpha value is -1.64. The summed E-state index contributed by atoms with van der Waals surface area (Å²) < 4.78 is 26.1. The summed E-state index contributed by atoms with van der Waals surface area (Å²) in [7, 11) is -3.98. The largest absolute Gasteiger partial charge is 0.478 e. The highest BCUT2D eigenvalue weighted by Gasteiger charge is 2.32. The molecular weight excluding hydrogens is 284 g/mol. The van der Waals surface area contributed by atoms with Crippen molar-refractivity contribution in [1.82, 2.24) is 4.31 Å². The molecule has 0 aliphatic carbocycles. The van der Waals surface area contributed by atoms with Gasteiger partial charge in [-0.25, -0.2) is 13.2 Å². The molecule has 20 heavy (non-hydrogen) atoms. The Morgan fingerprint density at radius 2 is 2.10 bits per heavy atom. The first-order chi connectivity index (χ1) is 9.32. The van der Waals surface area contributed by atoms with E-state index in [2.05, 4.69) is 0 Å². The average molecular weight is 300 g/mol. The molecule has 1 heterocycles. The number of carboxylic acids is 1. The van der Waals surface area contributed by atoms with Crippen LogP contribution < -0.4 is 5.73 Å². The number of aliphatic hydroxyl groups excluding tert-OH is 1. The fourth-order valence-electron chi connectivity index (χ4n) is 2.21. The Bertz CT molecular complexity index is 629. The van der Waals surface area contributed by atoms with Crippen LogP contribution in [-0.2, 0) is 10.0 Å². The number of anilines is 1. The van der Waals surface area contributed by atoms with E-state index in [0.29, 0.717) is 12.8 Å². The van der Waals surface area contributed by atoms with Crippen LogP contribution in [0, 0.1) is 0 Å². The lowest BCUT2D eigenvalue weighted by Gasteiger charge is -2.29. The first-order valence-corrected chi connectivity index (χ1v) is 7.57. The molecule has 0 amide bonds. The number of hydrogen-bond acceptors (Lipinski definition) is 5. The Labute approximate surface area is 116 Å². The number of β-amino-alcohol motifs (C(OH)–C–C–N with tert-alkyl or cyclic N) is 1. The molecule has 1 saturated heterocycles. The number of aromatic carboxylic acids is 1. The topological polar surface area (TPSA) is 121 Å². The second-order valence-corrected chi connectivity index (χ2v) is 6.63. The Morgan fingerprint density at radius 1 is 1.40 bits per heavy atom. The molecule has 8 heteroatoms. The van der Waals surface area contributed by atoms with Gasteiger partial charge in [0.1, 0.15) is 0 Å². The minimum Gasteiger partial charge on any atom is -0.478 e. The molecule has 0 bridgehead atoms. The van der Waals surface area contributed by atoms with E-state index in [1.807, 2.05) is 0 Å². The molecule has 0 unspecified atom stereocenters. The molecule has 1 aliphatic heterocycles. The van der Waals surface area contributed by atoms with Gasteiger partial charge in [-0.05, 0) is 31.0 Å². The van der Waals surface area contributed by atoms with Crippen LogP contribution >= 0.6 is 0 Å². The van der Waals surface area contributed by atoms with Gasteiger partial charge in [0.25, 0.3) is 0 Å². The Kier molecular flexibility index (Phi) is 3.98. The third-order valence-electron chi connectivity index (χ3n) is 3.21. The highest BCUT2D eigenvalue weighted by Crippen LogP contribution is 2.25. The summed E-state index contributed by atoms with van der Waals surface area (Å²) in [5.74, 6) is -1.33. The number of hydrogen-bond donors (Lipinski definition) is 3. The van der Waals surface area contributed by atoms with Crippen LogP contribution in [0.5, 0.6) is 0 Å². The smallest absolute Gasteiger partial charge is 0.337 e. The third-order valence-corrected chi connectivity index (χ3v) is 5.12. The summed E-state index contributed by atoms with van der Waals surface area (Å²) in [6, 6.07) is 3.65. The van der Waals surface area contributed by atoms with Crippen LogP contribution in [0.4, 0.5) is 5.69 Å². The molecule has 1 atom stereocenters. The molecule has 1 aromatic carbocycles. The van der Waals surface area contributed by atoms with Crippen molar-refractivity contribution in [3.05, 3.63) is 23.8 Å². The number of carbonyl (C=O) groups is 1. The SMILES string of the molecule is Nc1ccc(C(=O)O)c(S(=O)(=O)N2CCC[C@H](O)C2)c1. The molecule has 0 saturated carbocycles. The van der Waals surface area contributed by atoms with Gasteiger partial charge in [-0.15, -0.1) is 0 Å². The molecular formula is C12H16N2O5S. The number of sulfonamides is 1. The quantitative estimate of drug-likeness (QED) is 0.681. The zero-order valence-electron chi connectivity index (χ0n) is 10.7. The molecule has 0 aromatic heterocycles. The molecule has 110 valence electrons. The maximum atomic E-state index is 12.5. The van der Waals surface area contributed by atoms with E-state index in [0.717, 1.165) is 10.4 Å². The van der Waals surface area contributed by atoms with Crippen molar-refractivity contribution < 1.29 is 23.4 Å². The van der Waals surface area contributed by atoms with E-state index < -0.39 is 22.1 Å². The van der Waals surface area contributed by atoms with E-state index in [-0.39, 0.29) is 29.2 Å². The van der Waals surface area contributed by atoms with E-state index >= 15 is 0 Å². The lowest BCUT2D eigenvalue weighted by atomic mass is 10.1. The summed E-state index contributed by atoms with van der Waals surface area (Å²) in [6.45, 7) is 0.226. The van der Waals surface area contributed by atoms with Crippen LogP contribution in [0.25, 0.3) is 0 Å². The molecule has 1 aliphatic rings. The highest BCUT2D eigenvalue weighted by molar-refractivity contribution is 7.89. The zero-order chi connectivity index (χ0) is 14.9. The van der Waals surface area contributed by atoms with Gasteiger partial charge in [-0.1, -0.05) is 0 Å². The van der Waals surface area contributed by atoms with E-state index in [1.54, 1.807) is 0 Å².